The monoisotopic (exact) mass is 633 g/mol. The van der Waals surface area contributed by atoms with Gasteiger partial charge in [0.15, 0.2) is 6.10 Å². The molecule has 0 saturated carbocycles. The number of carbonyl (C=O) groups is 1. The van der Waals surface area contributed by atoms with Crippen LogP contribution in [0.3, 0.4) is 0 Å². The molecule has 13 heteroatoms. The Morgan fingerprint density at radius 1 is 0.826 bits per heavy atom. The van der Waals surface area contributed by atoms with E-state index in [2.05, 4.69) is 24.7 Å². The van der Waals surface area contributed by atoms with Crippen molar-refractivity contribution < 1.29 is 39.1 Å². The van der Waals surface area contributed by atoms with Crippen LogP contribution in [0.5, 0.6) is 5.75 Å². The van der Waals surface area contributed by atoms with Crippen LogP contribution in [0.4, 0.5) is 15.8 Å². The number of benzene rings is 2. The lowest BCUT2D eigenvalue weighted by Crippen LogP contribution is -2.61. The Hall–Kier alpha value is -4.14. The van der Waals surface area contributed by atoms with Crippen LogP contribution in [0.25, 0.3) is 21.8 Å². The second-order valence-corrected chi connectivity index (χ2v) is 12.1. The summed E-state index contributed by atoms with van der Waals surface area (Å²) in [6.45, 7) is 4.91. The van der Waals surface area contributed by atoms with Crippen LogP contribution in [0.2, 0.25) is 0 Å². The Bertz CT molecular complexity index is 1730. The lowest BCUT2D eigenvalue weighted by molar-refractivity contribution is -0.271. The zero-order valence-corrected chi connectivity index (χ0v) is 25.0. The molecule has 12 nitrogen and oxygen atoms in total. The summed E-state index contributed by atoms with van der Waals surface area (Å²) < 4.78 is 25.6. The van der Waals surface area contributed by atoms with Crippen LogP contribution in [-0.2, 0) is 9.53 Å². The molecule has 2 aromatic heterocycles. The number of piperazine rings is 1. The summed E-state index contributed by atoms with van der Waals surface area (Å²) in [5.41, 5.74) is 3.28. The Kier molecular flexibility index (Phi) is 8.34. The Morgan fingerprint density at radius 3 is 2.26 bits per heavy atom. The maximum Gasteiger partial charge on any atom is 0.335 e. The van der Waals surface area contributed by atoms with Crippen molar-refractivity contribution in [1.29, 1.82) is 0 Å². The van der Waals surface area contributed by atoms with Gasteiger partial charge in [0.25, 0.3) is 0 Å². The maximum atomic E-state index is 14.4. The number of ether oxygens (including phenoxy) is 2. The van der Waals surface area contributed by atoms with E-state index in [0.29, 0.717) is 22.7 Å². The molecular formula is C33H36FN5O7. The van der Waals surface area contributed by atoms with Crippen LogP contribution in [0.15, 0.2) is 60.9 Å². The highest BCUT2D eigenvalue weighted by Crippen LogP contribution is 2.35. The summed E-state index contributed by atoms with van der Waals surface area (Å²) in [7, 11) is 0. The number of carboxylic acid groups (broad SMARTS) is 1. The first-order valence-corrected chi connectivity index (χ1v) is 15.5. The average Bonchev–Trinajstić information content (AvgIpc) is 3.08. The fourth-order valence-electron chi connectivity index (χ4n) is 6.92. The highest BCUT2D eigenvalue weighted by molar-refractivity contribution is 5.93. The van der Waals surface area contributed by atoms with Crippen LogP contribution in [0.1, 0.15) is 12.8 Å². The molecular weight excluding hydrogens is 597 g/mol. The van der Waals surface area contributed by atoms with Gasteiger partial charge in [-0.2, -0.15) is 0 Å². The van der Waals surface area contributed by atoms with E-state index < -0.39 is 36.7 Å². The minimum absolute atomic E-state index is 0.259. The molecule has 3 fully saturated rings. The fraction of sp³-hybridized carbons (Fsp3) is 0.424. The molecule has 3 aliphatic rings. The number of carboxylic acids is 1. The number of hydrogen-bond donors (Lipinski definition) is 4. The van der Waals surface area contributed by atoms with Crippen molar-refractivity contribution in [2.45, 2.75) is 49.6 Å². The van der Waals surface area contributed by atoms with Gasteiger partial charge in [0.2, 0.25) is 6.29 Å². The first kappa shape index (κ1) is 30.5. The summed E-state index contributed by atoms with van der Waals surface area (Å²) in [6, 6.07) is 14.5. The summed E-state index contributed by atoms with van der Waals surface area (Å²) in [4.78, 5) is 27.7. The van der Waals surface area contributed by atoms with E-state index in [-0.39, 0.29) is 5.82 Å². The lowest BCUT2D eigenvalue weighted by Gasteiger charge is -2.44. The van der Waals surface area contributed by atoms with E-state index in [4.69, 9.17) is 9.47 Å². The molecule has 4 aromatic rings. The molecule has 5 unspecified atom stereocenters. The van der Waals surface area contributed by atoms with E-state index in [1.807, 2.05) is 12.1 Å². The standard InChI is InChI=1S/C33H36FN5O7/c34-23-5-6-24(27-22(23)4-2-10-36-27)38-11-7-20(8-12-38)37-13-15-39(16-14-37)25-18-21(17-19-3-1-9-35-26(19)25)45-33-30(42)28(40)29(41)31(46-33)32(43)44/h1-6,9-10,17-18,20,28-31,33,40-42H,7-8,11-16H2,(H,43,44). The number of aromatic nitrogens is 2. The normalized spacial score (nSPS) is 26.5. The third-order valence-corrected chi connectivity index (χ3v) is 9.40. The molecule has 0 radical (unpaired) electrons. The quantitative estimate of drug-likeness (QED) is 0.246. The third-order valence-electron chi connectivity index (χ3n) is 9.40. The smallest absolute Gasteiger partial charge is 0.335 e. The molecule has 242 valence electrons. The van der Waals surface area contributed by atoms with Gasteiger partial charge < -0.3 is 39.7 Å². The molecule has 4 N–H and O–H groups in total. The van der Waals surface area contributed by atoms with Crippen LogP contribution in [-0.4, -0.2) is 117 Å². The highest BCUT2D eigenvalue weighted by Gasteiger charge is 2.48. The molecule has 5 heterocycles. The van der Waals surface area contributed by atoms with Gasteiger partial charge in [0.1, 0.15) is 29.9 Å². The SMILES string of the molecule is O=C(O)C1OC(Oc2cc(N3CCN(C4CCN(c5ccc(F)c6cccnc56)CC4)CC3)c3ncccc3c2)C(O)C(O)C1O. The van der Waals surface area contributed by atoms with Crippen molar-refractivity contribution >= 4 is 39.1 Å². The Labute approximate surface area is 264 Å². The number of aliphatic hydroxyl groups excluding tert-OH is 3. The minimum Gasteiger partial charge on any atom is -0.479 e. The van der Waals surface area contributed by atoms with Gasteiger partial charge in [0.05, 0.1) is 22.4 Å². The van der Waals surface area contributed by atoms with Crippen molar-refractivity contribution in [2.75, 3.05) is 49.1 Å². The van der Waals surface area contributed by atoms with Gasteiger partial charge in [-0.3, -0.25) is 14.9 Å². The van der Waals surface area contributed by atoms with Gasteiger partial charge >= 0.3 is 5.97 Å². The Balaban J connectivity index is 1.03. The molecule has 0 bridgehead atoms. The molecule has 46 heavy (non-hydrogen) atoms. The van der Waals surface area contributed by atoms with E-state index in [1.165, 1.54) is 6.07 Å². The summed E-state index contributed by atoms with van der Waals surface area (Å²) in [5.74, 6) is -1.42. The second kappa shape index (κ2) is 12.6. The molecule has 3 aliphatic heterocycles. The molecule has 0 spiro atoms. The van der Waals surface area contributed by atoms with Crippen molar-refractivity contribution in [1.82, 2.24) is 14.9 Å². The first-order valence-electron chi connectivity index (χ1n) is 15.5. The largest absolute Gasteiger partial charge is 0.479 e. The van der Waals surface area contributed by atoms with Crippen molar-refractivity contribution in [3.05, 3.63) is 66.7 Å². The minimum atomic E-state index is -1.80. The van der Waals surface area contributed by atoms with Crippen molar-refractivity contribution in [2.24, 2.45) is 0 Å². The number of piperidine rings is 1. The van der Waals surface area contributed by atoms with E-state index >= 15 is 0 Å². The van der Waals surface area contributed by atoms with Gasteiger partial charge in [-0.1, -0.05) is 6.07 Å². The molecule has 5 atom stereocenters. The van der Waals surface area contributed by atoms with Crippen LogP contribution >= 0.6 is 0 Å². The number of aliphatic hydroxyl groups is 3. The molecule has 0 aliphatic carbocycles. The van der Waals surface area contributed by atoms with Crippen molar-refractivity contribution in [3.8, 4) is 5.75 Å². The number of hydrogen-bond acceptors (Lipinski definition) is 11. The predicted molar refractivity (Wildman–Crippen MR) is 167 cm³/mol. The van der Waals surface area contributed by atoms with Crippen LogP contribution < -0.4 is 14.5 Å². The number of nitrogens with zero attached hydrogens (tertiary/aromatic N) is 5. The van der Waals surface area contributed by atoms with Gasteiger partial charge in [-0.25, -0.2) is 9.18 Å². The number of anilines is 2. The average molecular weight is 634 g/mol. The van der Waals surface area contributed by atoms with Gasteiger partial charge in [-0.15, -0.1) is 0 Å². The summed E-state index contributed by atoms with van der Waals surface area (Å²) >= 11 is 0. The third kappa shape index (κ3) is 5.69. The molecule has 7 rings (SSSR count). The Morgan fingerprint density at radius 2 is 1.52 bits per heavy atom. The number of rotatable bonds is 6. The molecule has 2 aromatic carbocycles. The maximum absolute atomic E-state index is 14.4. The van der Waals surface area contributed by atoms with Crippen molar-refractivity contribution in [3.63, 3.8) is 0 Å². The molecule has 3 saturated heterocycles. The molecule has 0 amide bonds. The number of aliphatic carboxylic acids is 1. The topological polar surface area (TPSA) is 152 Å². The number of halogens is 1. The fourth-order valence-corrected chi connectivity index (χ4v) is 6.92. The van der Waals surface area contributed by atoms with Gasteiger partial charge in [0, 0.05) is 74.5 Å². The second-order valence-electron chi connectivity index (χ2n) is 12.1. The van der Waals surface area contributed by atoms with E-state index in [0.717, 1.165) is 74.4 Å². The van der Waals surface area contributed by atoms with Gasteiger partial charge in [-0.05, 0) is 49.2 Å². The predicted octanol–water partition coefficient (Wildman–Crippen LogP) is 1.98. The zero-order chi connectivity index (χ0) is 31.9. The van der Waals surface area contributed by atoms with E-state index in [9.17, 15) is 29.6 Å². The zero-order valence-electron chi connectivity index (χ0n) is 25.0. The van der Waals surface area contributed by atoms with Crippen LogP contribution in [0, 0.1) is 5.82 Å². The highest BCUT2D eigenvalue weighted by atomic mass is 19.1. The van der Waals surface area contributed by atoms with E-state index in [1.54, 1.807) is 42.7 Å². The lowest BCUT2D eigenvalue weighted by atomic mass is 9.99. The number of pyridine rings is 2. The number of fused-ring (bicyclic) bond motifs is 2. The first-order chi connectivity index (χ1) is 22.3. The summed E-state index contributed by atoms with van der Waals surface area (Å²) in [5, 5.41) is 41.5. The summed E-state index contributed by atoms with van der Waals surface area (Å²) in [6.07, 6.45) is -3.08.